The van der Waals surface area contributed by atoms with Crippen LogP contribution in [-0.4, -0.2) is 23.9 Å². The Morgan fingerprint density at radius 2 is 2.29 bits per heavy atom. The first-order valence-corrected chi connectivity index (χ1v) is 8.40. The third-order valence-electron chi connectivity index (χ3n) is 4.09. The fourth-order valence-electron chi connectivity index (χ4n) is 2.91. The maximum atomic E-state index is 13.6. The minimum Gasteiger partial charge on any atom is -0.465 e. The van der Waals surface area contributed by atoms with Crippen LogP contribution in [0.3, 0.4) is 0 Å². The zero-order chi connectivity index (χ0) is 15.3. The average Bonchev–Trinajstić information content (AvgIpc) is 2.84. The van der Waals surface area contributed by atoms with Crippen molar-refractivity contribution in [3.05, 3.63) is 30.1 Å². The topological polar surface area (TPSA) is 52.3 Å². The predicted molar refractivity (Wildman–Crippen MR) is 82.6 cm³/mol. The summed E-state index contributed by atoms with van der Waals surface area (Å²) in [6, 6.07) is 6.74. The second-order valence-corrected chi connectivity index (χ2v) is 6.55. The van der Waals surface area contributed by atoms with Crippen LogP contribution in [0.5, 0.6) is 0 Å². The number of nitrogens with two attached hydrogens (primary N) is 1. The maximum absolute atomic E-state index is 13.6. The molecule has 0 amide bonds. The van der Waals surface area contributed by atoms with E-state index in [0.717, 1.165) is 25.0 Å². The summed E-state index contributed by atoms with van der Waals surface area (Å²) in [6.07, 6.45) is 3.37. The summed E-state index contributed by atoms with van der Waals surface area (Å²) in [7, 11) is 0. The molecule has 1 fully saturated rings. The molecule has 0 aromatic heterocycles. The Labute approximate surface area is 129 Å². The molecule has 0 aliphatic heterocycles. The molecule has 3 nitrogen and oxygen atoms in total. The fraction of sp³-hybridized carbons (Fsp3) is 0.562. The van der Waals surface area contributed by atoms with Crippen molar-refractivity contribution in [2.24, 2.45) is 11.7 Å². The average molecular weight is 311 g/mol. The van der Waals surface area contributed by atoms with Crippen molar-refractivity contribution in [3.63, 3.8) is 0 Å². The molecule has 5 heteroatoms. The van der Waals surface area contributed by atoms with Gasteiger partial charge in [0.25, 0.3) is 0 Å². The van der Waals surface area contributed by atoms with Gasteiger partial charge in [0.1, 0.15) is 11.4 Å². The standard InChI is InChI=1S/C16H22FNO2S/c1-2-20-15(19)16(18)10-5-6-12(16)9-11-21-14-8-4-3-7-13(14)17/h3-4,7-8,12H,2,5-6,9-11,18H2,1H3. The molecule has 0 saturated heterocycles. The molecule has 21 heavy (non-hydrogen) atoms. The van der Waals surface area contributed by atoms with Crippen molar-refractivity contribution in [1.82, 2.24) is 0 Å². The van der Waals surface area contributed by atoms with Crippen LogP contribution in [0.15, 0.2) is 29.2 Å². The van der Waals surface area contributed by atoms with Crippen LogP contribution < -0.4 is 5.73 Å². The molecule has 2 atom stereocenters. The summed E-state index contributed by atoms with van der Waals surface area (Å²) in [5.74, 6) is 0.391. The molecule has 2 rings (SSSR count). The number of hydrogen-bond acceptors (Lipinski definition) is 4. The Morgan fingerprint density at radius 3 is 3.00 bits per heavy atom. The van der Waals surface area contributed by atoms with Gasteiger partial charge in [-0.05, 0) is 50.0 Å². The van der Waals surface area contributed by atoms with E-state index in [4.69, 9.17) is 10.5 Å². The van der Waals surface area contributed by atoms with Crippen molar-refractivity contribution >= 4 is 17.7 Å². The number of benzene rings is 1. The minimum atomic E-state index is -0.855. The molecule has 1 saturated carbocycles. The van der Waals surface area contributed by atoms with Gasteiger partial charge >= 0.3 is 5.97 Å². The number of carbonyl (C=O) groups is 1. The van der Waals surface area contributed by atoms with Crippen molar-refractivity contribution in [3.8, 4) is 0 Å². The Kier molecular flexibility index (Phi) is 5.65. The largest absolute Gasteiger partial charge is 0.465 e. The van der Waals surface area contributed by atoms with Gasteiger partial charge in [-0.15, -0.1) is 11.8 Å². The Bertz CT molecular complexity index is 497. The molecule has 0 radical (unpaired) electrons. The molecule has 1 aliphatic rings. The summed E-state index contributed by atoms with van der Waals surface area (Å²) >= 11 is 1.48. The lowest BCUT2D eigenvalue weighted by atomic mass is 9.86. The zero-order valence-electron chi connectivity index (χ0n) is 12.3. The summed E-state index contributed by atoms with van der Waals surface area (Å²) < 4.78 is 18.7. The van der Waals surface area contributed by atoms with E-state index in [1.54, 1.807) is 19.1 Å². The number of ether oxygens (including phenoxy) is 1. The second kappa shape index (κ2) is 7.27. The van der Waals surface area contributed by atoms with Gasteiger partial charge in [-0.1, -0.05) is 18.6 Å². The van der Waals surface area contributed by atoms with Crippen molar-refractivity contribution < 1.29 is 13.9 Å². The van der Waals surface area contributed by atoms with Gasteiger partial charge in [-0.2, -0.15) is 0 Å². The van der Waals surface area contributed by atoms with E-state index in [2.05, 4.69) is 0 Å². The van der Waals surface area contributed by atoms with Crippen LogP contribution in [0.2, 0.25) is 0 Å². The third kappa shape index (κ3) is 3.77. The molecular weight excluding hydrogens is 289 g/mol. The molecule has 0 spiro atoms. The number of halogens is 1. The van der Waals surface area contributed by atoms with Crippen LogP contribution in [0, 0.1) is 11.7 Å². The van der Waals surface area contributed by atoms with Gasteiger partial charge in [0.2, 0.25) is 0 Å². The lowest BCUT2D eigenvalue weighted by Crippen LogP contribution is -2.52. The highest BCUT2D eigenvalue weighted by Gasteiger charge is 2.46. The van der Waals surface area contributed by atoms with Crippen molar-refractivity contribution in [1.29, 1.82) is 0 Å². The summed E-state index contributed by atoms with van der Waals surface area (Å²) in [4.78, 5) is 12.7. The first-order valence-electron chi connectivity index (χ1n) is 7.41. The van der Waals surface area contributed by atoms with Crippen LogP contribution in [0.4, 0.5) is 4.39 Å². The quantitative estimate of drug-likeness (QED) is 0.646. The van der Waals surface area contributed by atoms with Crippen molar-refractivity contribution in [2.75, 3.05) is 12.4 Å². The van der Waals surface area contributed by atoms with E-state index < -0.39 is 5.54 Å². The van der Waals surface area contributed by atoms with E-state index in [9.17, 15) is 9.18 Å². The third-order valence-corrected chi connectivity index (χ3v) is 5.17. The number of rotatable bonds is 6. The van der Waals surface area contributed by atoms with Gasteiger partial charge in [-0.25, -0.2) is 4.39 Å². The van der Waals surface area contributed by atoms with E-state index in [-0.39, 0.29) is 17.7 Å². The van der Waals surface area contributed by atoms with E-state index in [0.29, 0.717) is 17.9 Å². The Morgan fingerprint density at radius 1 is 1.52 bits per heavy atom. The van der Waals surface area contributed by atoms with Crippen LogP contribution in [0.1, 0.15) is 32.6 Å². The predicted octanol–water partition coefficient (Wildman–Crippen LogP) is 3.37. The van der Waals surface area contributed by atoms with E-state index in [1.165, 1.54) is 17.8 Å². The molecule has 2 unspecified atom stereocenters. The maximum Gasteiger partial charge on any atom is 0.326 e. The van der Waals surface area contributed by atoms with Gasteiger partial charge in [0.15, 0.2) is 0 Å². The minimum absolute atomic E-state index is 0.121. The second-order valence-electron chi connectivity index (χ2n) is 5.42. The van der Waals surface area contributed by atoms with Gasteiger partial charge in [-0.3, -0.25) is 4.79 Å². The zero-order valence-corrected chi connectivity index (χ0v) is 13.1. The molecule has 1 aromatic carbocycles. The molecule has 1 aliphatic carbocycles. The molecule has 1 aromatic rings. The molecule has 0 heterocycles. The highest BCUT2D eigenvalue weighted by atomic mass is 32.2. The van der Waals surface area contributed by atoms with Crippen LogP contribution >= 0.6 is 11.8 Å². The monoisotopic (exact) mass is 311 g/mol. The number of carbonyl (C=O) groups excluding carboxylic acids is 1. The first-order chi connectivity index (χ1) is 10.1. The first kappa shape index (κ1) is 16.3. The Hall–Kier alpha value is -1.07. The normalized spacial score (nSPS) is 25.0. The Balaban J connectivity index is 1.90. The fourth-order valence-corrected chi connectivity index (χ4v) is 3.91. The molecular formula is C16H22FNO2S. The highest BCUT2D eigenvalue weighted by molar-refractivity contribution is 7.99. The number of thioether (sulfide) groups is 1. The molecule has 0 bridgehead atoms. The summed E-state index contributed by atoms with van der Waals surface area (Å²) in [5, 5.41) is 0. The van der Waals surface area contributed by atoms with Gasteiger partial charge in [0, 0.05) is 4.90 Å². The van der Waals surface area contributed by atoms with E-state index in [1.807, 2.05) is 6.07 Å². The van der Waals surface area contributed by atoms with Gasteiger partial charge < -0.3 is 10.5 Å². The van der Waals surface area contributed by atoms with Crippen LogP contribution in [-0.2, 0) is 9.53 Å². The SMILES string of the molecule is CCOC(=O)C1(N)CCCC1CCSc1ccccc1F. The smallest absolute Gasteiger partial charge is 0.326 e. The summed E-state index contributed by atoms with van der Waals surface area (Å²) in [6.45, 7) is 2.15. The van der Waals surface area contributed by atoms with E-state index >= 15 is 0 Å². The highest BCUT2D eigenvalue weighted by Crippen LogP contribution is 2.38. The lowest BCUT2D eigenvalue weighted by Gasteiger charge is -2.28. The summed E-state index contributed by atoms with van der Waals surface area (Å²) in [5.41, 5.74) is 5.43. The van der Waals surface area contributed by atoms with Crippen LogP contribution in [0.25, 0.3) is 0 Å². The van der Waals surface area contributed by atoms with Gasteiger partial charge in [0.05, 0.1) is 6.61 Å². The molecule has 2 N–H and O–H groups in total. The number of esters is 1. The molecule has 116 valence electrons. The number of hydrogen-bond donors (Lipinski definition) is 1. The lowest BCUT2D eigenvalue weighted by molar-refractivity contribution is -0.151. The van der Waals surface area contributed by atoms with Crippen molar-refractivity contribution in [2.45, 2.75) is 43.0 Å².